The molecule has 1 aliphatic rings. The van der Waals surface area contributed by atoms with Gasteiger partial charge in [0, 0.05) is 16.1 Å². The van der Waals surface area contributed by atoms with Gasteiger partial charge in [-0.25, -0.2) is 4.79 Å². The van der Waals surface area contributed by atoms with Gasteiger partial charge in [-0.15, -0.1) is 0 Å². The van der Waals surface area contributed by atoms with Gasteiger partial charge >= 0.3 is 5.97 Å². The molecule has 0 unspecified atom stereocenters. The van der Waals surface area contributed by atoms with E-state index in [1.54, 1.807) is 24.5 Å². The van der Waals surface area contributed by atoms with Crippen LogP contribution in [0.25, 0.3) is 17.2 Å². The molecule has 1 heterocycles. The number of methoxy groups -OCH3 is 1. The maximum Gasteiger partial charge on any atom is 0.337 e. The van der Waals surface area contributed by atoms with Gasteiger partial charge in [0.15, 0.2) is 0 Å². The Morgan fingerprint density at radius 1 is 1.20 bits per heavy atom. The van der Waals surface area contributed by atoms with Crippen LogP contribution >= 0.6 is 11.6 Å². The topological polar surface area (TPSA) is 35.5 Å². The highest BCUT2D eigenvalue weighted by Gasteiger charge is 2.18. The number of rotatable bonds is 1. The number of esters is 1. The van der Waals surface area contributed by atoms with Crippen molar-refractivity contribution in [2.24, 2.45) is 0 Å². The van der Waals surface area contributed by atoms with Gasteiger partial charge in [0.2, 0.25) is 0 Å². The van der Waals surface area contributed by atoms with E-state index >= 15 is 0 Å². The highest BCUT2D eigenvalue weighted by atomic mass is 35.5. The Hall–Kier alpha value is -2.26. The molecule has 1 aliphatic heterocycles. The quantitative estimate of drug-likeness (QED) is 0.739. The van der Waals surface area contributed by atoms with Gasteiger partial charge in [-0.3, -0.25) is 0 Å². The second-order valence-corrected chi connectivity index (χ2v) is 4.73. The fourth-order valence-corrected chi connectivity index (χ4v) is 2.50. The second kappa shape index (κ2) is 5.02. The maximum absolute atomic E-state index is 11.7. The summed E-state index contributed by atoms with van der Waals surface area (Å²) in [5.74, 6) is 0.307. The molecule has 0 atom stereocenters. The van der Waals surface area contributed by atoms with E-state index in [-0.39, 0.29) is 0 Å². The molecule has 0 bridgehead atoms. The number of ether oxygens (including phenoxy) is 2. The Morgan fingerprint density at radius 3 is 2.80 bits per heavy atom. The van der Waals surface area contributed by atoms with Crippen molar-refractivity contribution in [2.45, 2.75) is 0 Å². The normalized spacial score (nSPS) is 11.9. The number of hydrogen-bond acceptors (Lipinski definition) is 3. The number of carbonyl (C=O) groups excluding carboxylic acids is 1. The van der Waals surface area contributed by atoms with Crippen molar-refractivity contribution in [2.75, 3.05) is 7.11 Å². The van der Waals surface area contributed by atoms with Crippen LogP contribution in [0, 0.1) is 0 Å². The van der Waals surface area contributed by atoms with Gasteiger partial charge in [-0.05, 0) is 29.8 Å². The third-order valence-electron chi connectivity index (χ3n) is 3.16. The Balaban J connectivity index is 2.29. The summed E-state index contributed by atoms with van der Waals surface area (Å²) in [6.07, 6.45) is 3.38. The molecule has 0 N–H and O–H groups in total. The zero-order valence-electron chi connectivity index (χ0n) is 10.7. The number of benzene rings is 2. The molecule has 2 aromatic carbocycles. The lowest BCUT2D eigenvalue weighted by molar-refractivity contribution is 0.0601. The van der Waals surface area contributed by atoms with E-state index in [2.05, 4.69) is 0 Å². The summed E-state index contributed by atoms with van der Waals surface area (Å²) < 4.78 is 10.3. The van der Waals surface area contributed by atoms with Gasteiger partial charge in [0.1, 0.15) is 5.75 Å². The average molecular weight is 287 g/mol. The van der Waals surface area contributed by atoms with Crippen LogP contribution in [-0.4, -0.2) is 13.1 Å². The smallest absolute Gasteiger partial charge is 0.337 e. The molecule has 20 heavy (non-hydrogen) atoms. The molecule has 3 nitrogen and oxygen atoms in total. The van der Waals surface area contributed by atoms with Crippen molar-refractivity contribution in [3.8, 4) is 16.9 Å². The molecule has 0 aromatic heterocycles. The fourth-order valence-electron chi connectivity index (χ4n) is 2.21. The van der Waals surface area contributed by atoms with Crippen LogP contribution in [0.2, 0.25) is 5.02 Å². The van der Waals surface area contributed by atoms with Crippen LogP contribution in [0.3, 0.4) is 0 Å². The van der Waals surface area contributed by atoms with E-state index in [0.29, 0.717) is 10.6 Å². The summed E-state index contributed by atoms with van der Waals surface area (Å²) in [7, 11) is 1.35. The molecule has 0 aliphatic carbocycles. The molecule has 4 heteroatoms. The standard InChI is InChI=1S/C16H11ClO3/c1-19-16(18)10-8-13-11(14(17)9-10)6-7-20-15-5-3-2-4-12(13)15/h2-9H,1H3. The van der Waals surface area contributed by atoms with Crippen LogP contribution in [0.5, 0.6) is 5.75 Å². The third kappa shape index (κ3) is 2.06. The molecule has 3 rings (SSSR count). The SMILES string of the molecule is COC(=O)c1cc(Cl)c2c(c1)-c1ccccc1OC=C2. The lowest BCUT2D eigenvalue weighted by atomic mass is 9.97. The molecule has 2 aromatic rings. The number of carbonyl (C=O) groups is 1. The van der Waals surface area contributed by atoms with E-state index in [4.69, 9.17) is 21.1 Å². The molecule has 0 spiro atoms. The summed E-state index contributed by atoms with van der Waals surface area (Å²) in [4.78, 5) is 11.7. The molecule has 0 saturated carbocycles. The monoisotopic (exact) mass is 286 g/mol. The third-order valence-corrected chi connectivity index (χ3v) is 3.47. The molecule has 0 radical (unpaired) electrons. The van der Waals surface area contributed by atoms with E-state index in [1.807, 2.05) is 24.3 Å². The highest BCUT2D eigenvalue weighted by molar-refractivity contribution is 6.33. The molecule has 0 fully saturated rings. The first-order chi connectivity index (χ1) is 9.70. The van der Waals surface area contributed by atoms with Crippen LogP contribution in [0.4, 0.5) is 0 Å². The van der Waals surface area contributed by atoms with Crippen molar-refractivity contribution in [3.63, 3.8) is 0 Å². The second-order valence-electron chi connectivity index (χ2n) is 4.33. The molecule has 0 saturated heterocycles. The van der Waals surface area contributed by atoms with E-state index < -0.39 is 5.97 Å². The zero-order chi connectivity index (χ0) is 14.1. The summed E-state index contributed by atoms with van der Waals surface area (Å²) in [6, 6.07) is 11.0. The lowest BCUT2D eigenvalue weighted by Crippen LogP contribution is -2.02. The van der Waals surface area contributed by atoms with Gasteiger partial charge < -0.3 is 9.47 Å². The average Bonchev–Trinajstić information content (AvgIpc) is 2.66. The largest absolute Gasteiger partial charge is 0.465 e. The minimum Gasteiger partial charge on any atom is -0.465 e. The molecular formula is C16H11ClO3. The van der Waals surface area contributed by atoms with Gasteiger partial charge in [0.05, 0.1) is 18.9 Å². The van der Waals surface area contributed by atoms with Crippen molar-refractivity contribution in [1.82, 2.24) is 0 Å². The minimum atomic E-state index is -0.415. The molecule has 100 valence electrons. The van der Waals surface area contributed by atoms with Crippen LogP contribution in [-0.2, 0) is 4.74 Å². The van der Waals surface area contributed by atoms with Crippen molar-refractivity contribution in [3.05, 3.63) is 58.8 Å². The Kier molecular flexibility index (Phi) is 3.20. The first-order valence-corrected chi connectivity index (χ1v) is 6.43. The zero-order valence-corrected chi connectivity index (χ0v) is 11.5. The van der Waals surface area contributed by atoms with Gasteiger partial charge in [-0.2, -0.15) is 0 Å². The Morgan fingerprint density at radius 2 is 2.00 bits per heavy atom. The van der Waals surface area contributed by atoms with Gasteiger partial charge in [-0.1, -0.05) is 29.8 Å². The van der Waals surface area contributed by atoms with E-state index in [1.165, 1.54) is 7.11 Å². The summed E-state index contributed by atoms with van der Waals surface area (Å²) >= 11 is 6.27. The van der Waals surface area contributed by atoms with E-state index in [0.717, 1.165) is 22.4 Å². The summed E-state index contributed by atoms with van der Waals surface area (Å²) in [6.45, 7) is 0. The van der Waals surface area contributed by atoms with Crippen LogP contribution in [0.1, 0.15) is 15.9 Å². The number of hydrogen-bond donors (Lipinski definition) is 0. The predicted molar refractivity (Wildman–Crippen MR) is 77.9 cm³/mol. The minimum absolute atomic E-state index is 0.415. The molecule has 0 amide bonds. The predicted octanol–water partition coefficient (Wildman–Crippen LogP) is 4.16. The van der Waals surface area contributed by atoms with E-state index in [9.17, 15) is 4.79 Å². The first-order valence-electron chi connectivity index (χ1n) is 6.05. The first kappa shape index (κ1) is 12.8. The van der Waals surface area contributed by atoms with Crippen molar-refractivity contribution >= 4 is 23.6 Å². The highest BCUT2D eigenvalue weighted by Crippen LogP contribution is 2.39. The fraction of sp³-hybridized carbons (Fsp3) is 0.0625. The Bertz CT molecular complexity index is 720. The number of halogens is 1. The number of para-hydroxylation sites is 1. The van der Waals surface area contributed by atoms with Gasteiger partial charge in [0.25, 0.3) is 0 Å². The lowest BCUT2D eigenvalue weighted by Gasteiger charge is -2.11. The van der Waals surface area contributed by atoms with Crippen LogP contribution in [0.15, 0.2) is 42.7 Å². The maximum atomic E-state index is 11.7. The van der Waals surface area contributed by atoms with Crippen LogP contribution < -0.4 is 4.74 Å². The summed E-state index contributed by atoms with van der Waals surface area (Å²) in [5, 5.41) is 0.486. The Labute approximate surface area is 121 Å². The van der Waals surface area contributed by atoms with Crippen molar-refractivity contribution < 1.29 is 14.3 Å². The molecular weight excluding hydrogens is 276 g/mol. The number of fused-ring (bicyclic) bond motifs is 3. The summed E-state index contributed by atoms with van der Waals surface area (Å²) in [5.41, 5.74) is 2.98. The van der Waals surface area contributed by atoms with Crippen molar-refractivity contribution in [1.29, 1.82) is 0 Å².